The highest BCUT2D eigenvalue weighted by Gasteiger charge is 2.47. The third-order valence-corrected chi connectivity index (χ3v) is 5.70. The molecule has 0 saturated heterocycles. The van der Waals surface area contributed by atoms with E-state index in [0.717, 1.165) is 14.2 Å². The molecule has 0 spiro atoms. The van der Waals surface area contributed by atoms with Gasteiger partial charge in [-0.2, -0.15) is 13.7 Å². The van der Waals surface area contributed by atoms with Gasteiger partial charge in [0, 0.05) is 19.8 Å². The second kappa shape index (κ2) is 5.67. The fourth-order valence-corrected chi connectivity index (χ4v) is 4.40. The van der Waals surface area contributed by atoms with E-state index in [-0.39, 0.29) is 5.71 Å². The van der Waals surface area contributed by atoms with Gasteiger partial charge in [-0.15, -0.1) is 4.40 Å². The highest BCUT2D eigenvalue weighted by atomic mass is 32.2. The van der Waals surface area contributed by atoms with Gasteiger partial charge in [-0.05, 0) is 12.1 Å². The molecule has 0 fully saturated rings. The molecule has 0 aromatic heterocycles. The van der Waals surface area contributed by atoms with Crippen LogP contribution in [0.25, 0.3) is 0 Å². The van der Waals surface area contributed by atoms with E-state index in [0.29, 0.717) is 11.1 Å². The summed E-state index contributed by atoms with van der Waals surface area (Å²) in [6.07, 6.45) is 0. The van der Waals surface area contributed by atoms with Crippen LogP contribution in [-0.2, 0) is 28.1 Å². The SMILES string of the molecule is COP(=O)(OC)C1OS(=O)(=O)N=C1c1ccc(C#N)cc1. The number of hydrogen-bond acceptors (Lipinski definition) is 7. The van der Waals surface area contributed by atoms with Crippen LogP contribution in [0.3, 0.4) is 0 Å². The summed E-state index contributed by atoms with van der Waals surface area (Å²) >= 11 is 0. The zero-order chi connectivity index (χ0) is 15.7. The van der Waals surface area contributed by atoms with Gasteiger partial charge >= 0.3 is 17.9 Å². The number of hydrogen-bond donors (Lipinski definition) is 0. The standard InChI is InChI=1S/C11H11N2O6PS/c1-17-20(14,18-2)11-10(13-21(15,16)19-11)9-5-3-8(7-12)4-6-9/h3-6,11H,1-2H3. The van der Waals surface area contributed by atoms with Crippen molar-refractivity contribution in [2.45, 2.75) is 5.85 Å². The second-order valence-corrected chi connectivity index (χ2v) is 7.46. The van der Waals surface area contributed by atoms with E-state index in [9.17, 15) is 13.0 Å². The first-order valence-corrected chi connectivity index (χ1v) is 8.57. The molecule has 0 N–H and O–H groups in total. The molecule has 1 aromatic rings. The molecule has 112 valence electrons. The maximum Gasteiger partial charge on any atom is 0.382 e. The van der Waals surface area contributed by atoms with E-state index in [1.54, 1.807) is 0 Å². The lowest BCUT2D eigenvalue weighted by molar-refractivity contribution is 0.227. The molecule has 2 rings (SSSR count). The van der Waals surface area contributed by atoms with Crippen LogP contribution < -0.4 is 0 Å². The summed E-state index contributed by atoms with van der Waals surface area (Å²) in [5.74, 6) is -1.48. The van der Waals surface area contributed by atoms with Crippen molar-refractivity contribution in [3.05, 3.63) is 35.4 Å². The minimum absolute atomic E-state index is 0.0912. The summed E-state index contributed by atoms with van der Waals surface area (Å²) in [4.78, 5) is 0. The Kier molecular flexibility index (Phi) is 4.27. The van der Waals surface area contributed by atoms with E-state index in [1.807, 2.05) is 6.07 Å². The second-order valence-electron chi connectivity index (χ2n) is 3.95. The van der Waals surface area contributed by atoms with Crippen molar-refractivity contribution >= 4 is 23.6 Å². The molecule has 1 aromatic carbocycles. The van der Waals surface area contributed by atoms with Gasteiger partial charge in [-0.1, -0.05) is 12.1 Å². The molecular formula is C11H11N2O6PS. The maximum absolute atomic E-state index is 12.4. The first kappa shape index (κ1) is 15.8. The van der Waals surface area contributed by atoms with E-state index in [4.69, 9.17) is 18.5 Å². The van der Waals surface area contributed by atoms with Crippen LogP contribution >= 0.6 is 7.60 Å². The molecule has 0 aliphatic carbocycles. The van der Waals surface area contributed by atoms with Crippen molar-refractivity contribution in [3.63, 3.8) is 0 Å². The summed E-state index contributed by atoms with van der Waals surface area (Å²) in [6, 6.07) is 7.84. The van der Waals surface area contributed by atoms with Crippen LogP contribution in [0, 0.1) is 11.3 Å². The number of nitrogens with zero attached hydrogens (tertiary/aromatic N) is 2. The van der Waals surface area contributed by atoms with E-state index in [2.05, 4.69) is 4.40 Å². The van der Waals surface area contributed by atoms with Gasteiger partial charge in [0.15, 0.2) is 0 Å². The molecule has 1 heterocycles. The average Bonchev–Trinajstić information content (AvgIpc) is 2.83. The normalized spacial score (nSPS) is 20.8. The lowest BCUT2D eigenvalue weighted by Crippen LogP contribution is -2.22. The summed E-state index contributed by atoms with van der Waals surface area (Å²) < 4.78 is 53.1. The van der Waals surface area contributed by atoms with Crippen LogP contribution in [-0.4, -0.2) is 34.2 Å². The van der Waals surface area contributed by atoms with Gasteiger partial charge in [0.05, 0.1) is 11.6 Å². The van der Waals surface area contributed by atoms with Crippen LogP contribution in [0.2, 0.25) is 0 Å². The van der Waals surface area contributed by atoms with Crippen LogP contribution in [0.5, 0.6) is 0 Å². The van der Waals surface area contributed by atoms with Crippen LogP contribution in [0.15, 0.2) is 28.7 Å². The van der Waals surface area contributed by atoms with E-state index in [1.165, 1.54) is 24.3 Å². The Hall–Kier alpha value is -1.56. The first-order chi connectivity index (χ1) is 9.85. The van der Waals surface area contributed by atoms with Crippen molar-refractivity contribution < 1.29 is 26.2 Å². The topological polar surface area (TPSA) is 115 Å². The quantitative estimate of drug-likeness (QED) is 0.767. The number of nitriles is 1. The Labute approximate surface area is 121 Å². The minimum Gasteiger partial charge on any atom is -0.310 e. The molecule has 21 heavy (non-hydrogen) atoms. The largest absolute Gasteiger partial charge is 0.382 e. The fourth-order valence-electron chi connectivity index (χ4n) is 1.73. The molecule has 0 bridgehead atoms. The zero-order valence-electron chi connectivity index (χ0n) is 11.1. The van der Waals surface area contributed by atoms with Gasteiger partial charge in [0.1, 0.15) is 5.71 Å². The Morgan fingerprint density at radius 2 is 1.86 bits per heavy atom. The third kappa shape index (κ3) is 3.05. The Morgan fingerprint density at radius 3 is 2.33 bits per heavy atom. The Morgan fingerprint density at radius 1 is 1.29 bits per heavy atom. The highest BCUT2D eigenvalue weighted by molar-refractivity contribution is 7.86. The smallest absolute Gasteiger partial charge is 0.310 e. The molecule has 1 atom stereocenters. The Balaban J connectivity index is 2.52. The number of benzene rings is 1. The van der Waals surface area contributed by atoms with E-state index < -0.39 is 23.7 Å². The van der Waals surface area contributed by atoms with Crippen LogP contribution in [0.1, 0.15) is 11.1 Å². The average molecular weight is 330 g/mol. The molecule has 1 aliphatic heterocycles. The minimum atomic E-state index is -4.22. The van der Waals surface area contributed by atoms with Gasteiger partial charge in [0.2, 0.25) is 5.85 Å². The molecular weight excluding hydrogens is 319 g/mol. The predicted octanol–water partition coefficient (Wildman–Crippen LogP) is 1.43. The maximum atomic E-state index is 12.4. The van der Waals surface area contributed by atoms with Gasteiger partial charge in [-0.3, -0.25) is 4.57 Å². The van der Waals surface area contributed by atoms with Gasteiger partial charge < -0.3 is 9.05 Å². The van der Waals surface area contributed by atoms with Gasteiger partial charge in [-0.25, -0.2) is 4.18 Å². The molecule has 0 saturated carbocycles. The summed E-state index contributed by atoms with van der Waals surface area (Å²) in [6.45, 7) is 0. The van der Waals surface area contributed by atoms with Crippen molar-refractivity contribution in [1.29, 1.82) is 5.26 Å². The molecule has 1 aliphatic rings. The lowest BCUT2D eigenvalue weighted by Gasteiger charge is -2.19. The molecule has 0 amide bonds. The lowest BCUT2D eigenvalue weighted by atomic mass is 10.1. The number of rotatable bonds is 4. The van der Waals surface area contributed by atoms with Crippen molar-refractivity contribution in [3.8, 4) is 6.07 Å². The van der Waals surface area contributed by atoms with Gasteiger partial charge in [0.25, 0.3) is 0 Å². The molecule has 0 radical (unpaired) electrons. The van der Waals surface area contributed by atoms with E-state index >= 15 is 0 Å². The first-order valence-electron chi connectivity index (χ1n) is 5.60. The predicted molar refractivity (Wildman–Crippen MR) is 73.1 cm³/mol. The van der Waals surface area contributed by atoms with Crippen molar-refractivity contribution in [2.75, 3.05) is 14.2 Å². The Bertz CT molecular complexity index is 757. The summed E-state index contributed by atoms with van der Waals surface area (Å²) in [5.41, 5.74) is 0.639. The third-order valence-electron chi connectivity index (χ3n) is 2.76. The fraction of sp³-hybridized carbons (Fsp3) is 0.273. The summed E-state index contributed by atoms with van der Waals surface area (Å²) in [5, 5.41) is 8.75. The monoisotopic (exact) mass is 330 g/mol. The van der Waals surface area contributed by atoms with Crippen molar-refractivity contribution in [2.24, 2.45) is 4.40 Å². The highest BCUT2D eigenvalue weighted by Crippen LogP contribution is 2.55. The summed E-state index contributed by atoms with van der Waals surface area (Å²) in [7, 11) is -5.83. The van der Waals surface area contributed by atoms with Crippen molar-refractivity contribution in [1.82, 2.24) is 0 Å². The zero-order valence-corrected chi connectivity index (χ0v) is 12.8. The van der Waals surface area contributed by atoms with Crippen LogP contribution in [0.4, 0.5) is 0 Å². The molecule has 8 nitrogen and oxygen atoms in total. The molecule has 1 unspecified atom stereocenters. The molecule has 10 heteroatoms.